The van der Waals surface area contributed by atoms with Crippen LogP contribution in [0.4, 0.5) is 0 Å². The van der Waals surface area contributed by atoms with Gasteiger partial charge in [-0.15, -0.1) is 0 Å². The Balaban J connectivity index is 2.73. The van der Waals surface area contributed by atoms with Crippen molar-refractivity contribution in [2.45, 2.75) is 33.2 Å². The number of aryl methyl sites for hydroxylation is 1. The van der Waals surface area contributed by atoms with Crippen molar-refractivity contribution in [1.29, 1.82) is 0 Å². The van der Waals surface area contributed by atoms with Crippen LogP contribution in [0.5, 0.6) is 5.75 Å². The molecule has 1 rings (SSSR count). The summed E-state index contributed by atoms with van der Waals surface area (Å²) in [6.07, 6.45) is 0.648. The molecule has 0 heterocycles. The molecule has 0 fully saturated rings. The molecule has 1 atom stereocenters. The van der Waals surface area contributed by atoms with Crippen molar-refractivity contribution in [3.05, 3.63) is 29.3 Å². The minimum atomic E-state index is -2.99. The highest BCUT2D eigenvalue weighted by Crippen LogP contribution is 2.26. The van der Waals surface area contributed by atoms with Gasteiger partial charge < -0.3 is 10.1 Å². The molecule has 1 aromatic carbocycles. The van der Waals surface area contributed by atoms with E-state index in [2.05, 4.69) is 18.3 Å². The fourth-order valence-corrected chi connectivity index (χ4v) is 3.15. The highest BCUT2D eigenvalue weighted by atomic mass is 32.2. The maximum Gasteiger partial charge on any atom is 0.153 e. The van der Waals surface area contributed by atoms with Crippen LogP contribution in [0.3, 0.4) is 0 Å². The molecule has 0 saturated carbocycles. The number of rotatable bonds is 8. The zero-order chi connectivity index (χ0) is 15.2. The monoisotopic (exact) mass is 299 g/mol. The molecule has 0 amide bonds. The Morgan fingerprint density at radius 3 is 2.60 bits per heavy atom. The second-order valence-electron chi connectivity index (χ2n) is 5.05. The van der Waals surface area contributed by atoms with Gasteiger partial charge in [0.2, 0.25) is 0 Å². The Morgan fingerprint density at radius 2 is 2.00 bits per heavy atom. The summed E-state index contributed by atoms with van der Waals surface area (Å²) in [5, 5.41) is 3.18. The molecule has 1 unspecified atom stereocenters. The predicted octanol–water partition coefficient (Wildman–Crippen LogP) is 2.48. The number of nitrogens with one attached hydrogen (secondary N) is 1. The lowest BCUT2D eigenvalue weighted by Crippen LogP contribution is -2.18. The molecule has 0 aliphatic carbocycles. The summed E-state index contributed by atoms with van der Waals surface area (Å²) in [6, 6.07) is 6.11. The van der Waals surface area contributed by atoms with E-state index in [1.807, 2.05) is 33.0 Å². The van der Waals surface area contributed by atoms with Crippen molar-refractivity contribution in [1.82, 2.24) is 5.32 Å². The molecule has 0 radical (unpaired) electrons. The smallest absolute Gasteiger partial charge is 0.153 e. The van der Waals surface area contributed by atoms with Crippen molar-refractivity contribution in [3.63, 3.8) is 0 Å². The van der Waals surface area contributed by atoms with Gasteiger partial charge in [0.15, 0.2) is 9.84 Å². The zero-order valence-corrected chi connectivity index (χ0v) is 13.6. The van der Waals surface area contributed by atoms with E-state index in [0.29, 0.717) is 6.42 Å². The van der Waals surface area contributed by atoms with Crippen LogP contribution in [0.25, 0.3) is 0 Å². The van der Waals surface area contributed by atoms with Gasteiger partial charge in [0.1, 0.15) is 12.4 Å². The molecule has 0 saturated heterocycles. The minimum absolute atomic E-state index is 0.0715. The second kappa shape index (κ2) is 7.64. The normalized spacial score (nSPS) is 13.2. The number of sulfone groups is 1. The van der Waals surface area contributed by atoms with Crippen LogP contribution in [-0.2, 0) is 9.84 Å². The third kappa shape index (κ3) is 5.13. The first-order chi connectivity index (χ1) is 9.39. The summed E-state index contributed by atoms with van der Waals surface area (Å²) in [5.41, 5.74) is 2.22. The first-order valence-electron chi connectivity index (χ1n) is 7.00. The fourth-order valence-electron chi connectivity index (χ4n) is 1.98. The summed E-state index contributed by atoms with van der Waals surface area (Å²) < 4.78 is 29.0. The molecule has 0 aliphatic heterocycles. The van der Waals surface area contributed by atoms with Crippen molar-refractivity contribution < 1.29 is 13.2 Å². The number of hydrogen-bond donors (Lipinski definition) is 1. The predicted molar refractivity (Wildman–Crippen MR) is 83.1 cm³/mol. The number of ether oxygens (including phenoxy) is 1. The molecule has 4 nitrogen and oxygen atoms in total. The molecule has 114 valence electrons. The molecular weight excluding hydrogens is 274 g/mol. The fraction of sp³-hybridized carbons (Fsp3) is 0.600. The zero-order valence-electron chi connectivity index (χ0n) is 12.8. The molecule has 0 aromatic heterocycles. The molecular formula is C15H25NO3S. The number of hydrogen-bond acceptors (Lipinski definition) is 4. The van der Waals surface area contributed by atoms with Gasteiger partial charge in [-0.1, -0.05) is 24.6 Å². The molecule has 20 heavy (non-hydrogen) atoms. The Kier molecular flexibility index (Phi) is 6.49. The van der Waals surface area contributed by atoms with E-state index in [4.69, 9.17) is 4.74 Å². The first-order valence-corrected chi connectivity index (χ1v) is 8.82. The minimum Gasteiger partial charge on any atom is -0.492 e. The van der Waals surface area contributed by atoms with Crippen LogP contribution in [0, 0.1) is 6.92 Å². The van der Waals surface area contributed by atoms with Crippen molar-refractivity contribution in [2.24, 2.45) is 0 Å². The quantitative estimate of drug-likeness (QED) is 0.801. The third-order valence-corrected chi connectivity index (χ3v) is 5.05. The lowest BCUT2D eigenvalue weighted by Gasteiger charge is -2.17. The van der Waals surface area contributed by atoms with Crippen LogP contribution < -0.4 is 10.1 Å². The SMILES string of the molecule is CCCS(=O)(=O)CCOc1ccc(C)cc1C(C)NC. The van der Waals surface area contributed by atoms with Gasteiger partial charge in [-0.05, 0) is 33.4 Å². The lowest BCUT2D eigenvalue weighted by atomic mass is 10.0. The van der Waals surface area contributed by atoms with Crippen LogP contribution >= 0.6 is 0 Å². The largest absolute Gasteiger partial charge is 0.492 e. The third-order valence-electron chi connectivity index (χ3n) is 3.23. The Bertz CT molecular complexity index is 526. The Hall–Kier alpha value is -1.07. The van der Waals surface area contributed by atoms with Crippen LogP contribution in [-0.4, -0.2) is 33.6 Å². The lowest BCUT2D eigenvalue weighted by molar-refractivity contribution is 0.334. The van der Waals surface area contributed by atoms with Gasteiger partial charge in [-0.2, -0.15) is 0 Å². The average molecular weight is 299 g/mol. The van der Waals surface area contributed by atoms with Gasteiger partial charge in [0, 0.05) is 11.6 Å². The first kappa shape index (κ1) is 17.0. The van der Waals surface area contributed by atoms with E-state index in [0.717, 1.165) is 16.9 Å². The summed E-state index contributed by atoms with van der Waals surface area (Å²) in [4.78, 5) is 0. The van der Waals surface area contributed by atoms with E-state index in [1.54, 1.807) is 0 Å². The summed E-state index contributed by atoms with van der Waals surface area (Å²) in [5.74, 6) is 1.05. The highest BCUT2D eigenvalue weighted by molar-refractivity contribution is 7.91. The molecule has 0 aliphatic rings. The maximum absolute atomic E-state index is 11.7. The van der Waals surface area contributed by atoms with Gasteiger partial charge in [-0.25, -0.2) is 8.42 Å². The van der Waals surface area contributed by atoms with Gasteiger partial charge in [0.05, 0.1) is 11.5 Å². The summed E-state index contributed by atoms with van der Waals surface area (Å²) in [7, 11) is -1.10. The van der Waals surface area contributed by atoms with E-state index in [9.17, 15) is 8.42 Å². The topological polar surface area (TPSA) is 55.4 Å². The van der Waals surface area contributed by atoms with Crippen molar-refractivity contribution in [2.75, 3.05) is 25.2 Å². The molecule has 5 heteroatoms. The van der Waals surface area contributed by atoms with Crippen molar-refractivity contribution >= 4 is 9.84 Å². The van der Waals surface area contributed by atoms with Gasteiger partial charge in [-0.3, -0.25) is 0 Å². The van der Waals surface area contributed by atoms with Crippen molar-refractivity contribution in [3.8, 4) is 5.75 Å². The van der Waals surface area contributed by atoms with E-state index in [1.165, 1.54) is 0 Å². The summed E-state index contributed by atoms with van der Waals surface area (Å²) in [6.45, 7) is 6.15. The van der Waals surface area contributed by atoms with Gasteiger partial charge >= 0.3 is 0 Å². The molecule has 1 aromatic rings. The molecule has 1 N–H and O–H groups in total. The standard InChI is InChI=1S/C15H25NO3S/c1-5-9-20(17,18)10-8-19-15-7-6-12(2)11-14(15)13(3)16-4/h6-7,11,13,16H,5,8-10H2,1-4H3. The van der Waals surface area contributed by atoms with E-state index >= 15 is 0 Å². The highest BCUT2D eigenvalue weighted by Gasteiger charge is 2.13. The Labute approximate surface area is 122 Å². The Morgan fingerprint density at radius 1 is 1.30 bits per heavy atom. The average Bonchev–Trinajstić information content (AvgIpc) is 2.39. The van der Waals surface area contributed by atoms with E-state index < -0.39 is 9.84 Å². The second-order valence-corrected chi connectivity index (χ2v) is 7.36. The van der Waals surface area contributed by atoms with Crippen LogP contribution in [0.2, 0.25) is 0 Å². The molecule has 0 bridgehead atoms. The molecule has 0 spiro atoms. The van der Waals surface area contributed by atoms with Crippen LogP contribution in [0.15, 0.2) is 18.2 Å². The van der Waals surface area contributed by atoms with Gasteiger partial charge in [0.25, 0.3) is 0 Å². The number of benzene rings is 1. The maximum atomic E-state index is 11.7. The van der Waals surface area contributed by atoms with E-state index in [-0.39, 0.29) is 24.2 Å². The van der Waals surface area contributed by atoms with Crippen LogP contribution in [0.1, 0.15) is 37.4 Å². The summed E-state index contributed by atoms with van der Waals surface area (Å²) >= 11 is 0.